The summed E-state index contributed by atoms with van der Waals surface area (Å²) in [5.41, 5.74) is 4.69. The first-order valence-corrected chi connectivity index (χ1v) is 3.90. The molecule has 0 aromatic carbocycles. The molecule has 0 saturated carbocycles. The van der Waals surface area contributed by atoms with Gasteiger partial charge in [-0.15, -0.1) is 0 Å². The van der Waals surface area contributed by atoms with Crippen LogP contribution >= 0.6 is 0 Å². The molecule has 0 aromatic rings. The van der Waals surface area contributed by atoms with E-state index >= 15 is 0 Å². The summed E-state index contributed by atoms with van der Waals surface area (Å²) in [7, 11) is 0. The van der Waals surface area contributed by atoms with Gasteiger partial charge in [0.05, 0.1) is 5.60 Å². The molecule has 2 nitrogen and oxygen atoms in total. The average Bonchev–Trinajstić information content (AvgIpc) is 1.85. The Balaban J connectivity index is 3.46. The van der Waals surface area contributed by atoms with Gasteiger partial charge in [0.2, 0.25) is 0 Å². The fourth-order valence-electron chi connectivity index (χ4n) is 0.702. The quantitative estimate of drug-likeness (QED) is 0.623. The van der Waals surface area contributed by atoms with Crippen molar-refractivity contribution < 1.29 is 5.11 Å². The highest BCUT2D eigenvalue weighted by atomic mass is 16.3. The van der Waals surface area contributed by atoms with E-state index in [4.69, 9.17) is 5.73 Å². The lowest BCUT2D eigenvalue weighted by Gasteiger charge is -2.21. The molecular formula is C8H19NO. The summed E-state index contributed by atoms with van der Waals surface area (Å²) in [6.45, 7) is 6.44. The van der Waals surface area contributed by atoms with E-state index in [1.807, 2.05) is 0 Å². The van der Waals surface area contributed by atoms with E-state index in [9.17, 15) is 5.11 Å². The minimum absolute atomic E-state index is 0.361. The van der Waals surface area contributed by atoms with Crippen molar-refractivity contribution in [2.24, 2.45) is 11.7 Å². The number of rotatable bonds is 4. The van der Waals surface area contributed by atoms with Gasteiger partial charge in [-0.2, -0.15) is 0 Å². The minimum Gasteiger partial charge on any atom is -0.389 e. The lowest BCUT2D eigenvalue weighted by atomic mass is 9.96. The molecule has 0 aliphatic heterocycles. The maximum absolute atomic E-state index is 9.45. The SMILES string of the molecule is CC(C)CCC(C)(O)CN. The van der Waals surface area contributed by atoms with Crippen molar-refractivity contribution >= 4 is 0 Å². The van der Waals surface area contributed by atoms with Crippen LogP contribution in [0.4, 0.5) is 0 Å². The molecule has 0 aliphatic rings. The molecule has 3 N–H and O–H groups in total. The second kappa shape index (κ2) is 3.94. The van der Waals surface area contributed by atoms with E-state index in [-0.39, 0.29) is 0 Å². The third-order valence-electron chi connectivity index (χ3n) is 1.70. The van der Waals surface area contributed by atoms with Gasteiger partial charge >= 0.3 is 0 Å². The largest absolute Gasteiger partial charge is 0.389 e. The van der Waals surface area contributed by atoms with Crippen LogP contribution in [-0.2, 0) is 0 Å². The van der Waals surface area contributed by atoms with Crippen LogP contribution in [0.1, 0.15) is 33.6 Å². The second-order valence-corrected chi connectivity index (χ2v) is 3.63. The monoisotopic (exact) mass is 145 g/mol. The van der Waals surface area contributed by atoms with Crippen LogP contribution < -0.4 is 5.73 Å². The highest BCUT2D eigenvalue weighted by Crippen LogP contribution is 2.14. The summed E-state index contributed by atoms with van der Waals surface area (Å²) in [5.74, 6) is 0.651. The molecule has 0 fully saturated rings. The number of hydrogen-bond donors (Lipinski definition) is 2. The van der Waals surface area contributed by atoms with Crippen LogP contribution in [0.5, 0.6) is 0 Å². The van der Waals surface area contributed by atoms with Gasteiger partial charge in [-0.3, -0.25) is 0 Å². The van der Waals surface area contributed by atoms with Crippen LogP contribution in [0, 0.1) is 5.92 Å². The molecule has 0 rings (SSSR count). The highest BCUT2D eigenvalue weighted by Gasteiger charge is 2.17. The Morgan fingerprint density at radius 2 is 2.00 bits per heavy atom. The van der Waals surface area contributed by atoms with Crippen LogP contribution in [0.2, 0.25) is 0 Å². The Kier molecular flexibility index (Phi) is 3.91. The van der Waals surface area contributed by atoms with E-state index in [1.165, 1.54) is 0 Å². The van der Waals surface area contributed by atoms with E-state index in [2.05, 4.69) is 13.8 Å². The lowest BCUT2D eigenvalue weighted by Crippen LogP contribution is -2.34. The minimum atomic E-state index is -0.649. The topological polar surface area (TPSA) is 46.2 Å². The van der Waals surface area contributed by atoms with Crippen molar-refractivity contribution in [2.75, 3.05) is 6.54 Å². The van der Waals surface area contributed by atoms with Crippen molar-refractivity contribution in [1.82, 2.24) is 0 Å². The normalized spacial score (nSPS) is 17.4. The van der Waals surface area contributed by atoms with Gasteiger partial charge in [0, 0.05) is 6.54 Å². The summed E-state index contributed by atoms with van der Waals surface area (Å²) >= 11 is 0. The van der Waals surface area contributed by atoms with Gasteiger partial charge in [0.15, 0.2) is 0 Å². The summed E-state index contributed by atoms with van der Waals surface area (Å²) in [6.07, 6.45) is 1.85. The predicted molar refractivity (Wildman–Crippen MR) is 43.8 cm³/mol. The fraction of sp³-hybridized carbons (Fsp3) is 1.00. The van der Waals surface area contributed by atoms with Gasteiger partial charge < -0.3 is 10.8 Å². The Bertz CT molecular complexity index is 89.3. The molecule has 0 spiro atoms. The summed E-state index contributed by atoms with van der Waals surface area (Å²) in [4.78, 5) is 0. The van der Waals surface area contributed by atoms with Crippen molar-refractivity contribution in [3.05, 3.63) is 0 Å². The van der Waals surface area contributed by atoms with Crippen molar-refractivity contribution in [1.29, 1.82) is 0 Å². The molecule has 0 bridgehead atoms. The Hall–Kier alpha value is -0.0800. The zero-order valence-corrected chi connectivity index (χ0v) is 7.22. The Morgan fingerprint density at radius 1 is 1.50 bits per heavy atom. The smallest absolute Gasteiger partial charge is 0.0741 e. The second-order valence-electron chi connectivity index (χ2n) is 3.63. The molecule has 62 valence electrons. The molecule has 0 aliphatic carbocycles. The predicted octanol–water partition coefficient (Wildman–Crippen LogP) is 1.13. The molecule has 0 saturated heterocycles. The number of hydrogen-bond acceptors (Lipinski definition) is 2. The molecule has 0 aromatic heterocycles. The zero-order valence-electron chi connectivity index (χ0n) is 7.22. The van der Waals surface area contributed by atoms with Crippen molar-refractivity contribution in [3.8, 4) is 0 Å². The van der Waals surface area contributed by atoms with E-state index < -0.39 is 5.60 Å². The standard InChI is InChI=1S/C8H19NO/c1-7(2)4-5-8(3,10)6-9/h7,10H,4-6,9H2,1-3H3. The van der Waals surface area contributed by atoms with Gasteiger partial charge in [0.25, 0.3) is 0 Å². The third-order valence-corrected chi connectivity index (χ3v) is 1.70. The van der Waals surface area contributed by atoms with Crippen LogP contribution in [0.3, 0.4) is 0 Å². The van der Waals surface area contributed by atoms with Crippen molar-refractivity contribution in [2.45, 2.75) is 39.2 Å². The first-order valence-electron chi connectivity index (χ1n) is 3.90. The maximum atomic E-state index is 9.45. The molecule has 0 radical (unpaired) electrons. The molecular weight excluding hydrogens is 126 g/mol. The highest BCUT2D eigenvalue weighted by molar-refractivity contribution is 4.73. The molecule has 1 unspecified atom stereocenters. The zero-order chi connectivity index (χ0) is 8.20. The fourth-order valence-corrected chi connectivity index (χ4v) is 0.702. The van der Waals surface area contributed by atoms with E-state index in [0.717, 1.165) is 12.8 Å². The van der Waals surface area contributed by atoms with Crippen LogP contribution in [0.15, 0.2) is 0 Å². The molecule has 0 amide bonds. The van der Waals surface area contributed by atoms with E-state index in [1.54, 1.807) is 6.92 Å². The van der Waals surface area contributed by atoms with Crippen LogP contribution in [-0.4, -0.2) is 17.3 Å². The first-order chi connectivity index (χ1) is 4.48. The summed E-state index contributed by atoms with van der Waals surface area (Å²) in [5, 5.41) is 9.45. The number of nitrogens with two attached hydrogens (primary N) is 1. The average molecular weight is 145 g/mol. The van der Waals surface area contributed by atoms with Gasteiger partial charge in [-0.25, -0.2) is 0 Å². The molecule has 2 heteroatoms. The van der Waals surface area contributed by atoms with Gasteiger partial charge in [-0.05, 0) is 25.7 Å². The van der Waals surface area contributed by atoms with Gasteiger partial charge in [-0.1, -0.05) is 13.8 Å². The third kappa shape index (κ3) is 4.77. The molecule has 10 heavy (non-hydrogen) atoms. The summed E-state index contributed by atoms with van der Waals surface area (Å²) in [6, 6.07) is 0. The maximum Gasteiger partial charge on any atom is 0.0741 e. The van der Waals surface area contributed by atoms with Crippen molar-refractivity contribution in [3.63, 3.8) is 0 Å². The van der Waals surface area contributed by atoms with Crippen LogP contribution in [0.25, 0.3) is 0 Å². The molecule has 0 heterocycles. The van der Waals surface area contributed by atoms with Gasteiger partial charge in [0.1, 0.15) is 0 Å². The van der Waals surface area contributed by atoms with E-state index in [0.29, 0.717) is 12.5 Å². The number of aliphatic hydroxyl groups is 1. The lowest BCUT2D eigenvalue weighted by molar-refractivity contribution is 0.0543. The first kappa shape index (κ1) is 9.92. The Morgan fingerprint density at radius 3 is 2.30 bits per heavy atom. The summed E-state index contributed by atoms with van der Waals surface area (Å²) < 4.78 is 0. The Labute approximate surface area is 63.4 Å². The molecule has 1 atom stereocenters.